The van der Waals surface area contributed by atoms with Crippen LogP contribution in [0.4, 0.5) is 17.3 Å². The lowest BCUT2D eigenvalue weighted by Crippen LogP contribution is -2.48. The molecule has 3 aromatic rings. The summed E-state index contributed by atoms with van der Waals surface area (Å²) >= 11 is 8.23. The lowest BCUT2D eigenvalue weighted by Gasteiger charge is -2.37. The van der Waals surface area contributed by atoms with Crippen molar-refractivity contribution in [2.24, 2.45) is 5.73 Å². The molecule has 0 amide bonds. The third kappa shape index (κ3) is 6.44. The van der Waals surface area contributed by atoms with Crippen molar-refractivity contribution in [2.45, 2.75) is 74.9 Å². The molecule has 1 saturated heterocycles. The quantitative estimate of drug-likeness (QED) is 0.302. The SMILES string of the molecule is CCCc1ccc(CNc2cccc(Sc3ncc(N4CCC(C)(N)CC4)nc3N)c2Cl)cc1CC. The number of piperidine rings is 1. The molecule has 0 radical (unpaired) electrons. The second-order valence-corrected chi connectivity index (χ2v) is 11.2. The van der Waals surface area contributed by atoms with Crippen molar-refractivity contribution in [3.05, 3.63) is 64.3 Å². The van der Waals surface area contributed by atoms with Gasteiger partial charge in [0.25, 0.3) is 0 Å². The number of aromatic nitrogens is 2. The van der Waals surface area contributed by atoms with E-state index < -0.39 is 0 Å². The second kappa shape index (κ2) is 11.7. The molecule has 0 bridgehead atoms. The third-order valence-electron chi connectivity index (χ3n) is 6.80. The summed E-state index contributed by atoms with van der Waals surface area (Å²) in [5.41, 5.74) is 17.5. The summed E-state index contributed by atoms with van der Waals surface area (Å²) in [7, 11) is 0. The van der Waals surface area contributed by atoms with Crippen LogP contribution in [0, 0.1) is 0 Å². The van der Waals surface area contributed by atoms with E-state index >= 15 is 0 Å². The summed E-state index contributed by atoms with van der Waals surface area (Å²) in [6.07, 6.45) is 6.96. The van der Waals surface area contributed by atoms with E-state index in [1.54, 1.807) is 6.20 Å². The summed E-state index contributed by atoms with van der Waals surface area (Å²) in [6, 6.07) is 12.7. The molecule has 0 atom stereocenters. The molecule has 1 aromatic heterocycles. The van der Waals surface area contributed by atoms with Crippen LogP contribution in [0.2, 0.25) is 5.02 Å². The maximum absolute atomic E-state index is 6.79. The van der Waals surface area contributed by atoms with Gasteiger partial charge in [0.15, 0.2) is 5.82 Å². The van der Waals surface area contributed by atoms with Crippen molar-refractivity contribution < 1.29 is 0 Å². The number of nitrogen functional groups attached to an aromatic ring is 1. The van der Waals surface area contributed by atoms with Gasteiger partial charge in [0.05, 0.1) is 16.9 Å². The van der Waals surface area contributed by atoms with Crippen LogP contribution in [0.1, 0.15) is 56.7 Å². The number of halogens is 1. The molecule has 192 valence electrons. The van der Waals surface area contributed by atoms with Crippen molar-refractivity contribution in [2.75, 3.05) is 29.0 Å². The van der Waals surface area contributed by atoms with Crippen LogP contribution >= 0.6 is 23.4 Å². The van der Waals surface area contributed by atoms with E-state index in [1.807, 2.05) is 18.2 Å². The lowest BCUT2D eigenvalue weighted by atomic mass is 9.91. The molecule has 0 aliphatic carbocycles. The van der Waals surface area contributed by atoms with Crippen LogP contribution in [-0.2, 0) is 19.4 Å². The Hall–Kier alpha value is -2.48. The minimum atomic E-state index is -0.113. The summed E-state index contributed by atoms with van der Waals surface area (Å²) in [6.45, 7) is 8.96. The Morgan fingerprint density at radius 2 is 1.92 bits per heavy atom. The van der Waals surface area contributed by atoms with Crippen LogP contribution in [0.5, 0.6) is 0 Å². The largest absolute Gasteiger partial charge is 0.381 e. The molecule has 8 heteroatoms. The topological polar surface area (TPSA) is 93.1 Å². The number of nitrogens with one attached hydrogen (secondary N) is 1. The molecule has 4 rings (SSSR count). The van der Waals surface area contributed by atoms with Gasteiger partial charge in [0, 0.05) is 30.1 Å². The number of benzene rings is 2. The zero-order valence-corrected chi connectivity index (χ0v) is 23.1. The maximum Gasteiger partial charge on any atom is 0.158 e. The zero-order chi connectivity index (χ0) is 25.7. The number of rotatable bonds is 9. The maximum atomic E-state index is 6.79. The Morgan fingerprint density at radius 3 is 2.61 bits per heavy atom. The summed E-state index contributed by atoms with van der Waals surface area (Å²) in [5.74, 6) is 1.21. The van der Waals surface area contributed by atoms with E-state index in [-0.39, 0.29) is 5.54 Å². The highest BCUT2D eigenvalue weighted by Crippen LogP contribution is 2.39. The first-order chi connectivity index (χ1) is 17.3. The van der Waals surface area contributed by atoms with Crippen LogP contribution < -0.4 is 21.7 Å². The molecule has 0 unspecified atom stereocenters. The molecule has 5 N–H and O–H groups in total. The zero-order valence-electron chi connectivity index (χ0n) is 21.5. The van der Waals surface area contributed by atoms with E-state index in [0.717, 1.165) is 61.6 Å². The standard InChI is InChI=1S/C28H37ClN6S/c1-4-7-21-11-10-19(16-20(21)5-2)17-32-22-8-6-9-23(25(22)29)36-27-26(30)34-24(18-33-27)35-14-12-28(3,31)13-15-35/h6,8-11,16,18,32H,4-5,7,12-15,17,31H2,1-3H3,(H2,30,34). The van der Waals surface area contributed by atoms with E-state index in [1.165, 1.54) is 28.5 Å². The Labute approximate surface area is 224 Å². The van der Waals surface area contributed by atoms with Gasteiger partial charge in [-0.3, -0.25) is 0 Å². The van der Waals surface area contributed by atoms with Crippen molar-refractivity contribution in [3.8, 4) is 0 Å². The second-order valence-electron chi connectivity index (χ2n) is 9.84. The smallest absolute Gasteiger partial charge is 0.158 e. The normalized spacial score (nSPS) is 15.2. The number of aryl methyl sites for hydroxylation is 2. The van der Waals surface area contributed by atoms with Gasteiger partial charge in [-0.2, -0.15) is 0 Å². The molecule has 6 nitrogen and oxygen atoms in total. The summed E-state index contributed by atoms with van der Waals surface area (Å²) in [5, 5.41) is 4.81. The van der Waals surface area contributed by atoms with Crippen molar-refractivity contribution in [3.63, 3.8) is 0 Å². The van der Waals surface area contributed by atoms with Gasteiger partial charge in [-0.25, -0.2) is 9.97 Å². The Bertz CT molecular complexity index is 1190. The molecule has 36 heavy (non-hydrogen) atoms. The molecule has 1 fully saturated rings. The van der Waals surface area contributed by atoms with Crippen molar-refractivity contribution >= 4 is 40.7 Å². The van der Waals surface area contributed by atoms with Gasteiger partial charge in [-0.15, -0.1) is 0 Å². The van der Waals surface area contributed by atoms with E-state index in [2.05, 4.69) is 59.2 Å². The first kappa shape index (κ1) is 26.6. The fourth-order valence-electron chi connectivity index (χ4n) is 4.52. The van der Waals surface area contributed by atoms with Gasteiger partial charge in [0.1, 0.15) is 10.8 Å². The van der Waals surface area contributed by atoms with Crippen LogP contribution in [0.3, 0.4) is 0 Å². The van der Waals surface area contributed by atoms with Crippen molar-refractivity contribution in [1.82, 2.24) is 9.97 Å². The lowest BCUT2D eigenvalue weighted by molar-refractivity contribution is 0.363. The average molecular weight is 525 g/mol. The Balaban J connectivity index is 1.43. The monoisotopic (exact) mass is 524 g/mol. The highest BCUT2D eigenvalue weighted by atomic mass is 35.5. The first-order valence-corrected chi connectivity index (χ1v) is 14.0. The van der Waals surface area contributed by atoms with E-state index in [4.69, 9.17) is 23.1 Å². The molecular formula is C28H37ClN6S. The van der Waals surface area contributed by atoms with Gasteiger partial charge in [-0.05, 0) is 61.4 Å². The number of nitrogens with zero attached hydrogens (tertiary/aromatic N) is 3. The molecular weight excluding hydrogens is 488 g/mol. The van der Waals surface area contributed by atoms with Crippen LogP contribution in [0.25, 0.3) is 0 Å². The first-order valence-electron chi connectivity index (χ1n) is 12.8. The van der Waals surface area contributed by atoms with Gasteiger partial charge in [0.2, 0.25) is 0 Å². The molecule has 1 aliphatic rings. The third-order valence-corrected chi connectivity index (χ3v) is 8.39. The van der Waals surface area contributed by atoms with Gasteiger partial charge < -0.3 is 21.7 Å². The predicted molar refractivity (Wildman–Crippen MR) is 153 cm³/mol. The number of nitrogens with two attached hydrogens (primary N) is 2. The predicted octanol–water partition coefficient (Wildman–Crippen LogP) is 6.31. The summed E-state index contributed by atoms with van der Waals surface area (Å²) < 4.78 is 0. The van der Waals surface area contributed by atoms with E-state index in [0.29, 0.717) is 22.4 Å². The molecule has 0 saturated carbocycles. The van der Waals surface area contributed by atoms with Gasteiger partial charge >= 0.3 is 0 Å². The molecule has 1 aliphatic heterocycles. The van der Waals surface area contributed by atoms with Crippen LogP contribution in [-0.4, -0.2) is 28.6 Å². The van der Waals surface area contributed by atoms with Crippen molar-refractivity contribution in [1.29, 1.82) is 0 Å². The number of hydrogen-bond donors (Lipinski definition) is 3. The Kier molecular flexibility index (Phi) is 8.65. The molecule has 2 heterocycles. The van der Waals surface area contributed by atoms with Crippen LogP contribution in [0.15, 0.2) is 52.5 Å². The minimum Gasteiger partial charge on any atom is -0.381 e. The molecule has 2 aromatic carbocycles. The number of anilines is 3. The summed E-state index contributed by atoms with van der Waals surface area (Å²) in [4.78, 5) is 12.3. The fourth-order valence-corrected chi connectivity index (χ4v) is 5.64. The minimum absolute atomic E-state index is 0.113. The van der Waals surface area contributed by atoms with Gasteiger partial charge in [-0.1, -0.05) is 67.9 Å². The Morgan fingerprint density at radius 1 is 1.14 bits per heavy atom. The average Bonchev–Trinajstić information content (AvgIpc) is 2.86. The van der Waals surface area contributed by atoms with E-state index in [9.17, 15) is 0 Å². The number of hydrogen-bond acceptors (Lipinski definition) is 7. The fraction of sp³-hybridized carbons (Fsp3) is 0.429. The highest BCUT2D eigenvalue weighted by molar-refractivity contribution is 7.99. The molecule has 0 spiro atoms. The highest BCUT2D eigenvalue weighted by Gasteiger charge is 2.27.